The Bertz CT molecular complexity index is 741. The highest BCUT2D eigenvalue weighted by Gasteiger charge is 2.11. The molecule has 1 fully saturated rings. The fourth-order valence-corrected chi connectivity index (χ4v) is 2.84. The molecule has 1 N–H and O–H groups in total. The fourth-order valence-electron chi connectivity index (χ4n) is 2.66. The summed E-state index contributed by atoms with van der Waals surface area (Å²) in [6.07, 6.45) is 4.13. The lowest BCUT2D eigenvalue weighted by Gasteiger charge is -2.17. The van der Waals surface area contributed by atoms with E-state index in [-0.39, 0.29) is 12.5 Å². The van der Waals surface area contributed by atoms with Crippen molar-refractivity contribution < 1.29 is 9.53 Å². The lowest BCUT2D eigenvalue weighted by Crippen LogP contribution is -2.24. The summed E-state index contributed by atoms with van der Waals surface area (Å²) in [5.74, 6) is 0.217. The quantitative estimate of drug-likeness (QED) is 0.636. The molecule has 1 saturated heterocycles. The number of carbonyl (C=O) groups excluding carboxylic acids is 1. The van der Waals surface area contributed by atoms with Gasteiger partial charge < -0.3 is 9.64 Å². The largest absolute Gasteiger partial charge is 0.484 e. The van der Waals surface area contributed by atoms with Crippen molar-refractivity contribution in [1.29, 1.82) is 0 Å². The topological polar surface area (TPSA) is 53.9 Å². The monoisotopic (exact) mass is 357 g/mol. The van der Waals surface area contributed by atoms with Gasteiger partial charge in [0.2, 0.25) is 0 Å². The van der Waals surface area contributed by atoms with Gasteiger partial charge in [-0.25, -0.2) is 5.43 Å². The number of hydrogen-bond donors (Lipinski definition) is 1. The standard InChI is InChI=1S/C19H20ClN3O2/c20-16-4-3-5-18(12-16)25-14-19(24)22-21-13-15-6-8-17(9-7-15)23-10-1-2-11-23/h3-9,12-13H,1-2,10-11,14H2,(H,22,24)/b21-13-. The zero-order valence-corrected chi connectivity index (χ0v) is 14.6. The zero-order chi connectivity index (χ0) is 17.5. The number of hydrazone groups is 1. The number of anilines is 1. The van der Waals surface area contributed by atoms with Gasteiger partial charge >= 0.3 is 0 Å². The second kappa shape index (κ2) is 8.53. The molecule has 0 aromatic heterocycles. The maximum absolute atomic E-state index is 11.7. The molecule has 3 rings (SSSR count). The lowest BCUT2D eigenvalue weighted by atomic mass is 10.2. The Morgan fingerprint density at radius 1 is 1.20 bits per heavy atom. The Labute approximate surface area is 152 Å². The Hall–Kier alpha value is -2.53. The molecule has 1 aliphatic heterocycles. The summed E-state index contributed by atoms with van der Waals surface area (Å²) in [6, 6.07) is 15.0. The number of halogens is 1. The molecule has 0 spiro atoms. The number of benzene rings is 2. The fraction of sp³-hybridized carbons (Fsp3) is 0.263. The van der Waals surface area contributed by atoms with Crippen LogP contribution in [0, 0.1) is 0 Å². The maximum atomic E-state index is 11.7. The smallest absolute Gasteiger partial charge is 0.277 e. The number of carbonyl (C=O) groups is 1. The molecule has 0 radical (unpaired) electrons. The first-order chi connectivity index (χ1) is 12.2. The van der Waals surface area contributed by atoms with Crippen LogP contribution in [0.5, 0.6) is 5.75 Å². The van der Waals surface area contributed by atoms with Crippen molar-refractivity contribution in [3.05, 3.63) is 59.1 Å². The second-order valence-corrected chi connectivity index (χ2v) is 6.26. The lowest BCUT2D eigenvalue weighted by molar-refractivity contribution is -0.123. The molecule has 25 heavy (non-hydrogen) atoms. The summed E-state index contributed by atoms with van der Waals surface area (Å²) >= 11 is 5.86. The minimum atomic E-state index is -0.329. The summed E-state index contributed by atoms with van der Waals surface area (Å²) < 4.78 is 5.35. The Kier molecular flexibility index (Phi) is 5.90. The van der Waals surface area contributed by atoms with E-state index in [0.717, 1.165) is 18.7 Å². The predicted octanol–water partition coefficient (Wildman–Crippen LogP) is 3.47. The van der Waals surface area contributed by atoms with Gasteiger partial charge in [-0.1, -0.05) is 29.8 Å². The molecule has 2 aromatic rings. The molecule has 1 heterocycles. The van der Waals surface area contributed by atoms with Crippen molar-refractivity contribution in [1.82, 2.24) is 5.43 Å². The summed E-state index contributed by atoms with van der Waals surface area (Å²) in [6.45, 7) is 2.12. The Morgan fingerprint density at radius 2 is 1.96 bits per heavy atom. The number of rotatable bonds is 6. The summed E-state index contributed by atoms with van der Waals surface area (Å²) in [5, 5.41) is 4.52. The van der Waals surface area contributed by atoms with Crippen molar-refractivity contribution >= 4 is 29.4 Å². The van der Waals surface area contributed by atoms with E-state index in [1.54, 1.807) is 30.5 Å². The molecular formula is C19H20ClN3O2. The van der Waals surface area contributed by atoms with Crippen LogP contribution in [0.2, 0.25) is 5.02 Å². The molecule has 1 aliphatic rings. The van der Waals surface area contributed by atoms with Crippen LogP contribution < -0.4 is 15.1 Å². The number of amides is 1. The van der Waals surface area contributed by atoms with E-state index in [0.29, 0.717) is 10.8 Å². The molecule has 1 amide bonds. The number of nitrogens with one attached hydrogen (secondary N) is 1. The van der Waals surface area contributed by atoms with Gasteiger partial charge in [0.15, 0.2) is 6.61 Å². The Morgan fingerprint density at radius 3 is 2.68 bits per heavy atom. The van der Waals surface area contributed by atoms with E-state index in [9.17, 15) is 4.79 Å². The minimum Gasteiger partial charge on any atom is -0.484 e. The molecule has 6 heteroatoms. The average molecular weight is 358 g/mol. The van der Waals surface area contributed by atoms with Crippen LogP contribution in [0.25, 0.3) is 0 Å². The van der Waals surface area contributed by atoms with Crippen LogP contribution in [-0.2, 0) is 4.79 Å². The highest BCUT2D eigenvalue weighted by Crippen LogP contribution is 2.20. The number of hydrogen-bond acceptors (Lipinski definition) is 4. The van der Waals surface area contributed by atoms with Gasteiger partial charge in [-0.2, -0.15) is 5.10 Å². The molecule has 0 bridgehead atoms. The van der Waals surface area contributed by atoms with Gasteiger partial charge in [-0.15, -0.1) is 0 Å². The van der Waals surface area contributed by atoms with E-state index >= 15 is 0 Å². The van der Waals surface area contributed by atoms with Crippen LogP contribution in [0.15, 0.2) is 53.6 Å². The maximum Gasteiger partial charge on any atom is 0.277 e. The van der Waals surface area contributed by atoms with Gasteiger partial charge in [-0.05, 0) is 48.7 Å². The van der Waals surface area contributed by atoms with Gasteiger partial charge in [0, 0.05) is 23.8 Å². The van der Waals surface area contributed by atoms with Crippen molar-refractivity contribution in [2.24, 2.45) is 5.10 Å². The normalized spacial score (nSPS) is 14.0. The van der Waals surface area contributed by atoms with Crippen molar-refractivity contribution in [3.8, 4) is 5.75 Å². The van der Waals surface area contributed by atoms with Crippen LogP contribution in [-0.4, -0.2) is 31.8 Å². The van der Waals surface area contributed by atoms with E-state index in [1.807, 2.05) is 12.1 Å². The third kappa shape index (κ3) is 5.22. The number of nitrogens with zero attached hydrogens (tertiary/aromatic N) is 2. The van der Waals surface area contributed by atoms with E-state index in [1.165, 1.54) is 18.5 Å². The minimum absolute atomic E-state index is 0.119. The molecule has 2 aromatic carbocycles. The summed E-state index contributed by atoms with van der Waals surface area (Å²) in [7, 11) is 0. The number of ether oxygens (including phenoxy) is 1. The Balaban J connectivity index is 1.45. The van der Waals surface area contributed by atoms with Crippen LogP contribution in [0.1, 0.15) is 18.4 Å². The molecular weight excluding hydrogens is 338 g/mol. The second-order valence-electron chi connectivity index (χ2n) is 5.82. The first-order valence-corrected chi connectivity index (χ1v) is 8.64. The predicted molar refractivity (Wildman–Crippen MR) is 101 cm³/mol. The van der Waals surface area contributed by atoms with Crippen molar-refractivity contribution in [2.75, 3.05) is 24.6 Å². The van der Waals surface area contributed by atoms with Crippen LogP contribution in [0.3, 0.4) is 0 Å². The summed E-state index contributed by atoms with van der Waals surface area (Å²) in [5.41, 5.74) is 4.61. The molecule has 0 unspecified atom stereocenters. The zero-order valence-electron chi connectivity index (χ0n) is 13.8. The van der Waals surface area contributed by atoms with Gasteiger partial charge in [0.1, 0.15) is 5.75 Å². The molecule has 0 atom stereocenters. The van der Waals surface area contributed by atoms with Crippen LogP contribution in [0.4, 0.5) is 5.69 Å². The van der Waals surface area contributed by atoms with Gasteiger partial charge in [0.05, 0.1) is 6.21 Å². The molecule has 130 valence electrons. The van der Waals surface area contributed by atoms with Gasteiger partial charge in [0.25, 0.3) is 5.91 Å². The van der Waals surface area contributed by atoms with E-state index in [4.69, 9.17) is 16.3 Å². The highest BCUT2D eigenvalue weighted by atomic mass is 35.5. The first-order valence-electron chi connectivity index (χ1n) is 8.26. The van der Waals surface area contributed by atoms with Gasteiger partial charge in [-0.3, -0.25) is 4.79 Å². The molecule has 0 aliphatic carbocycles. The van der Waals surface area contributed by atoms with Crippen molar-refractivity contribution in [3.63, 3.8) is 0 Å². The molecule has 5 nitrogen and oxygen atoms in total. The van der Waals surface area contributed by atoms with Crippen molar-refractivity contribution in [2.45, 2.75) is 12.8 Å². The first kappa shape index (κ1) is 17.3. The summed E-state index contributed by atoms with van der Waals surface area (Å²) in [4.78, 5) is 14.1. The van der Waals surface area contributed by atoms with E-state index < -0.39 is 0 Å². The molecule has 0 saturated carbocycles. The third-order valence-electron chi connectivity index (χ3n) is 3.93. The van der Waals surface area contributed by atoms with E-state index in [2.05, 4.69) is 27.6 Å². The average Bonchev–Trinajstić information content (AvgIpc) is 3.15. The van der Waals surface area contributed by atoms with Crippen LogP contribution >= 0.6 is 11.6 Å². The SMILES string of the molecule is O=C(COc1cccc(Cl)c1)N/N=C\c1ccc(N2CCCC2)cc1. The third-order valence-corrected chi connectivity index (χ3v) is 4.17. The highest BCUT2D eigenvalue weighted by molar-refractivity contribution is 6.30.